The third-order valence-electron chi connectivity index (χ3n) is 2.35. The van der Waals surface area contributed by atoms with Crippen LogP contribution in [0.5, 0.6) is 0 Å². The van der Waals surface area contributed by atoms with E-state index in [4.69, 9.17) is 0 Å². The number of likely N-dealkylation sites (N-methyl/N-ethyl adjacent to an activating group) is 1. The second-order valence-corrected chi connectivity index (χ2v) is 4.89. The molecule has 0 spiro atoms. The molecule has 1 aromatic carbocycles. The quantitative estimate of drug-likeness (QED) is 0.778. The van der Waals surface area contributed by atoms with Gasteiger partial charge in [-0.2, -0.15) is 0 Å². The Hall–Kier alpha value is -1.09. The van der Waals surface area contributed by atoms with Gasteiger partial charge in [0.05, 0.1) is 0 Å². The van der Waals surface area contributed by atoms with Gasteiger partial charge in [-0.15, -0.1) is 0 Å². The van der Waals surface area contributed by atoms with E-state index in [1.54, 1.807) is 11.9 Å². The fraction of sp³-hybridized carbons (Fsp3) is 0.308. The largest absolute Gasteiger partial charge is 0.338 e. The molecule has 0 aliphatic rings. The molecule has 0 atom stereocenters. The number of halogens is 1. The summed E-state index contributed by atoms with van der Waals surface area (Å²) in [4.78, 5) is 13.8. The number of carbonyl (C=O) groups excluding carboxylic acids is 1. The first kappa shape index (κ1) is 13.0. The Kier molecular flexibility index (Phi) is 4.30. The highest BCUT2D eigenvalue weighted by molar-refractivity contribution is 9.10. The Bertz CT molecular complexity index is 426. The van der Waals surface area contributed by atoms with Crippen molar-refractivity contribution in [2.75, 3.05) is 13.6 Å². The van der Waals surface area contributed by atoms with Crippen LogP contribution in [0.4, 0.5) is 0 Å². The van der Waals surface area contributed by atoms with Crippen molar-refractivity contribution < 1.29 is 4.79 Å². The highest BCUT2D eigenvalue weighted by Crippen LogP contribution is 2.20. The maximum Gasteiger partial charge on any atom is 0.254 e. The third-order valence-corrected chi connectivity index (χ3v) is 3.21. The van der Waals surface area contributed by atoms with Gasteiger partial charge in [0.15, 0.2) is 0 Å². The van der Waals surface area contributed by atoms with Gasteiger partial charge in [0.2, 0.25) is 0 Å². The van der Waals surface area contributed by atoms with Gasteiger partial charge < -0.3 is 4.90 Å². The molecule has 0 bridgehead atoms. The zero-order chi connectivity index (χ0) is 12.3. The first-order valence-electron chi connectivity index (χ1n) is 5.08. The molecule has 0 aliphatic carbocycles. The minimum Gasteiger partial charge on any atom is -0.338 e. The van der Waals surface area contributed by atoms with E-state index < -0.39 is 0 Å². The number of hydrogen-bond acceptors (Lipinski definition) is 1. The van der Waals surface area contributed by atoms with Gasteiger partial charge in [-0.1, -0.05) is 34.1 Å². The van der Waals surface area contributed by atoms with Crippen LogP contribution in [0.2, 0.25) is 0 Å². The standard InChI is InChI=1S/C13H16BrNO/c1-9(2)8-15(4)13(16)11-6-5-7-12(14)10(11)3/h5-7H,1,8H2,2-4H3. The first-order chi connectivity index (χ1) is 7.43. The van der Waals surface area contributed by atoms with Crippen LogP contribution in [0.25, 0.3) is 0 Å². The van der Waals surface area contributed by atoms with E-state index in [9.17, 15) is 4.79 Å². The molecule has 0 radical (unpaired) electrons. The van der Waals surface area contributed by atoms with Crippen molar-refractivity contribution in [1.29, 1.82) is 0 Å². The fourth-order valence-corrected chi connectivity index (χ4v) is 1.89. The number of rotatable bonds is 3. The number of benzene rings is 1. The summed E-state index contributed by atoms with van der Waals surface area (Å²) in [5.74, 6) is 0.0294. The molecule has 1 aromatic rings. The highest BCUT2D eigenvalue weighted by atomic mass is 79.9. The van der Waals surface area contributed by atoms with Crippen LogP contribution < -0.4 is 0 Å². The van der Waals surface area contributed by atoms with E-state index in [0.29, 0.717) is 6.54 Å². The van der Waals surface area contributed by atoms with Gasteiger partial charge in [-0.05, 0) is 31.5 Å². The Morgan fingerprint density at radius 1 is 1.50 bits per heavy atom. The predicted octanol–water partition coefficient (Wildman–Crippen LogP) is 3.41. The lowest BCUT2D eigenvalue weighted by Crippen LogP contribution is -2.28. The molecule has 0 saturated carbocycles. The summed E-state index contributed by atoms with van der Waals surface area (Å²) in [5, 5.41) is 0. The number of nitrogens with zero attached hydrogens (tertiary/aromatic N) is 1. The Balaban J connectivity index is 2.96. The average molecular weight is 282 g/mol. The Morgan fingerprint density at radius 3 is 2.69 bits per heavy atom. The third kappa shape index (κ3) is 2.95. The van der Waals surface area contributed by atoms with Crippen LogP contribution in [0, 0.1) is 6.92 Å². The zero-order valence-corrected chi connectivity index (χ0v) is 11.5. The lowest BCUT2D eigenvalue weighted by atomic mass is 10.1. The lowest BCUT2D eigenvalue weighted by Gasteiger charge is -2.18. The Morgan fingerprint density at radius 2 is 2.12 bits per heavy atom. The van der Waals surface area contributed by atoms with Crippen LogP contribution >= 0.6 is 15.9 Å². The van der Waals surface area contributed by atoms with E-state index >= 15 is 0 Å². The molecule has 0 aromatic heterocycles. The van der Waals surface area contributed by atoms with E-state index in [1.165, 1.54) is 0 Å². The van der Waals surface area contributed by atoms with Crippen LogP contribution in [0.1, 0.15) is 22.8 Å². The van der Waals surface area contributed by atoms with Gasteiger partial charge in [-0.3, -0.25) is 4.79 Å². The van der Waals surface area contributed by atoms with Crippen LogP contribution in [-0.4, -0.2) is 24.4 Å². The molecular formula is C13H16BrNO. The van der Waals surface area contributed by atoms with Crippen molar-refractivity contribution >= 4 is 21.8 Å². The van der Waals surface area contributed by atoms with Crippen molar-refractivity contribution in [2.45, 2.75) is 13.8 Å². The average Bonchev–Trinajstić information content (AvgIpc) is 2.20. The van der Waals surface area contributed by atoms with Gasteiger partial charge in [0, 0.05) is 23.6 Å². The van der Waals surface area contributed by atoms with E-state index in [2.05, 4.69) is 22.5 Å². The summed E-state index contributed by atoms with van der Waals surface area (Å²) in [6, 6.07) is 5.65. The zero-order valence-electron chi connectivity index (χ0n) is 9.88. The molecule has 16 heavy (non-hydrogen) atoms. The smallest absolute Gasteiger partial charge is 0.254 e. The van der Waals surface area contributed by atoms with Crippen LogP contribution in [-0.2, 0) is 0 Å². The molecule has 1 amide bonds. The first-order valence-corrected chi connectivity index (χ1v) is 5.87. The summed E-state index contributed by atoms with van der Waals surface area (Å²) in [5.41, 5.74) is 2.68. The number of amides is 1. The molecule has 0 fully saturated rings. The van der Waals surface area contributed by atoms with E-state index in [1.807, 2.05) is 32.0 Å². The summed E-state index contributed by atoms with van der Waals surface area (Å²) in [7, 11) is 1.79. The minimum absolute atomic E-state index is 0.0294. The topological polar surface area (TPSA) is 20.3 Å². The highest BCUT2D eigenvalue weighted by Gasteiger charge is 2.14. The molecule has 86 valence electrons. The van der Waals surface area contributed by atoms with Crippen molar-refractivity contribution in [3.05, 3.63) is 46.0 Å². The fourth-order valence-electron chi connectivity index (χ4n) is 1.52. The summed E-state index contributed by atoms with van der Waals surface area (Å²) in [6.07, 6.45) is 0. The van der Waals surface area contributed by atoms with Crippen LogP contribution in [0.3, 0.4) is 0 Å². The summed E-state index contributed by atoms with van der Waals surface area (Å²) < 4.78 is 0.960. The molecule has 1 rings (SSSR count). The molecule has 0 unspecified atom stereocenters. The molecular weight excluding hydrogens is 266 g/mol. The second kappa shape index (κ2) is 5.30. The van der Waals surface area contributed by atoms with Crippen molar-refractivity contribution in [1.82, 2.24) is 4.90 Å². The second-order valence-electron chi connectivity index (χ2n) is 4.03. The van der Waals surface area contributed by atoms with Crippen molar-refractivity contribution in [3.8, 4) is 0 Å². The lowest BCUT2D eigenvalue weighted by molar-refractivity contribution is 0.0806. The number of carbonyl (C=O) groups is 1. The van der Waals surface area contributed by atoms with Crippen LogP contribution in [0.15, 0.2) is 34.8 Å². The van der Waals surface area contributed by atoms with Gasteiger partial charge >= 0.3 is 0 Å². The van der Waals surface area contributed by atoms with Gasteiger partial charge in [0.25, 0.3) is 5.91 Å². The molecule has 0 heterocycles. The molecule has 0 N–H and O–H groups in total. The molecule has 2 nitrogen and oxygen atoms in total. The normalized spacial score (nSPS) is 10.0. The maximum atomic E-state index is 12.1. The SMILES string of the molecule is C=C(C)CN(C)C(=O)c1cccc(Br)c1C. The van der Waals surface area contributed by atoms with Crippen molar-refractivity contribution in [2.24, 2.45) is 0 Å². The molecule has 0 aliphatic heterocycles. The van der Waals surface area contributed by atoms with Gasteiger partial charge in [-0.25, -0.2) is 0 Å². The van der Waals surface area contributed by atoms with E-state index in [0.717, 1.165) is 21.2 Å². The molecule has 3 heteroatoms. The summed E-state index contributed by atoms with van der Waals surface area (Å²) in [6.45, 7) is 8.25. The Labute approximate surface area is 105 Å². The minimum atomic E-state index is 0.0294. The molecule has 0 saturated heterocycles. The predicted molar refractivity (Wildman–Crippen MR) is 70.7 cm³/mol. The summed E-state index contributed by atoms with van der Waals surface area (Å²) >= 11 is 3.43. The monoisotopic (exact) mass is 281 g/mol. The number of hydrogen-bond donors (Lipinski definition) is 0. The van der Waals surface area contributed by atoms with Crippen molar-refractivity contribution in [3.63, 3.8) is 0 Å². The van der Waals surface area contributed by atoms with E-state index in [-0.39, 0.29) is 5.91 Å². The maximum absolute atomic E-state index is 12.1. The van der Waals surface area contributed by atoms with Gasteiger partial charge in [0.1, 0.15) is 0 Å².